The number of allylic oxidation sites excluding steroid dienone is 1. The third-order valence-corrected chi connectivity index (χ3v) is 3.74. The molecule has 104 valence electrons. The van der Waals surface area contributed by atoms with E-state index in [-0.39, 0.29) is 16.6 Å². The molecule has 1 aromatic rings. The summed E-state index contributed by atoms with van der Waals surface area (Å²) in [4.78, 5) is 0. The Morgan fingerprint density at radius 2 is 1.89 bits per heavy atom. The molecule has 19 heavy (non-hydrogen) atoms. The van der Waals surface area contributed by atoms with Crippen LogP contribution in [0.4, 0.5) is 0 Å². The van der Waals surface area contributed by atoms with Crippen molar-refractivity contribution in [1.29, 1.82) is 0 Å². The van der Waals surface area contributed by atoms with E-state index in [2.05, 4.69) is 34.6 Å². The summed E-state index contributed by atoms with van der Waals surface area (Å²) in [6.07, 6.45) is 1.03. The molecular weight excluding hydrogens is 236 g/mol. The van der Waals surface area contributed by atoms with Crippen LogP contribution in [-0.2, 0) is 4.74 Å². The zero-order chi connectivity index (χ0) is 14.3. The van der Waals surface area contributed by atoms with E-state index < -0.39 is 0 Å². The van der Waals surface area contributed by atoms with Crippen molar-refractivity contribution in [1.82, 2.24) is 0 Å². The molecule has 1 aromatic carbocycles. The van der Waals surface area contributed by atoms with Crippen LogP contribution in [0.25, 0.3) is 5.76 Å². The van der Waals surface area contributed by atoms with Gasteiger partial charge in [0.05, 0.1) is 6.61 Å². The predicted octanol–water partition coefficient (Wildman–Crippen LogP) is 4.60. The van der Waals surface area contributed by atoms with E-state index in [9.17, 15) is 5.11 Å². The Labute approximate surface area is 116 Å². The molecule has 2 heteroatoms. The van der Waals surface area contributed by atoms with E-state index in [0.29, 0.717) is 0 Å². The topological polar surface area (TPSA) is 29.5 Å². The van der Waals surface area contributed by atoms with Crippen LogP contribution in [0.1, 0.15) is 46.6 Å². The molecule has 0 radical (unpaired) electrons. The minimum atomic E-state index is 0.0463. The van der Waals surface area contributed by atoms with Gasteiger partial charge in [-0.3, -0.25) is 0 Å². The number of benzene rings is 1. The SMILES string of the molecule is CC(C)(C)C1=C(c2cccc(O)c2)OCCC1(C)C. The number of hydrogen-bond acceptors (Lipinski definition) is 2. The first-order chi connectivity index (χ1) is 8.72. The zero-order valence-corrected chi connectivity index (χ0v) is 12.6. The Hall–Kier alpha value is -1.44. The van der Waals surface area contributed by atoms with Crippen molar-refractivity contribution in [3.8, 4) is 5.75 Å². The van der Waals surface area contributed by atoms with Crippen LogP contribution >= 0.6 is 0 Å². The first-order valence-corrected chi connectivity index (χ1v) is 6.89. The molecule has 0 unspecified atom stereocenters. The Morgan fingerprint density at radius 1 is 1.21 bits per heavy atom. The van der Waals surface area contributed by atoms with Gasteiger partial charge in [-0.25, -0.2) is 0 Å². The average molecular weight is 260 g/mol. The summed E-state index contributed by atoms with van der Waals surface area (Å²) in [6.45, 7) is 12.0. The predicted molar refractivity (Wildman–Crippen MR) is 78.8 cm³/mol. The molecule has 0 amide bonds. The van der Waals surface area contributed by atoms with Gasteiger partial charge in [-0.1, -0.05) is 46.8 Å². The fourth-order valence-electron chi connectivity index (χ4n) is 3.14. The maximum atomic E-state index is 9.68. The van der Waals surface area contributed by atoms with Crippen molar-refractivity contribution >= 4 is 5.76 Å². The summed E-state index contributed by atoms with van der Waals surface area (Å²) in [5, 5.41) is 9.68. The van der Waals surface area contributed by atoms with Crippen LogP contribution in [0.3, 0.4) is 0 Å². The van der Waals surface area contributed by atoms with E-state index >= 15 is 0 Å². The van der Waals surface area contributed by atoms with Crippen molar-refractivity contribution in [2.24, 2.45) is 10.8 Å². The lowest BCUT2D eigenvalue weighted by atomic mass is 9.67. The first kappa shape index (κ1) is 14.0. The second-order valence-corrected chi connectivity index (χ2v) is 6.99. The monoisotopic (exact) mass is 260 g/mol. The molecule has 0 fully saturated rings. The summed E-state index contributed by atoms with van der Waals surface area (Å²) in [6, 6.07) is 7.34. The van der Waals surface area contributed by atoms with Gasteiger partial charge in [-0.15, -0.1) is 0 Å². The summed E-state index contributed by atoms with van der Waals surface area (Å²) < 4.78 is 5.96. The molecule has 0 aliphatic carbocycles. The highest BCUT2D eigenvalue weighted by Crippen LogP contribution is 2.49. The summed E-state index contributed by atoms with van der Waals surface area (Å²) in [7, 11) is 0. The smallest absolute Gasteiger partial charge is 0.126 e. The Balaban J connectivity index is 2.64. The molecule has 1 N–H and O–H groups in total. The Bertz CT molecular complexity index is 504. The van der Waals surface area contributed by atoms with Crippen LogP contribution in [0, 0.1) is 10.8 Å². The maximum absolute atomic E-state index is 9.68. The van der Waals surface area contributed by atoms with Crippen molar-refractivity contribution < 1.29 is 9.84 Å². The van der Waals surface area contributed by atoms with E-state index in [0.717, 1.165) is 24.4 Å². The lowest BCUT2D eigenvalue weighted by molar-refractivity contribution is 0.166. The van der Waals surface area contributed by atoms with Gasteiger partial charge in [-0.05, 0) is 35.0 Å². The molecule has 2 rings (SSSR count). The maximum Gasteiger partial charge on any atom is 0.126 e. The molecule has 1 aliphatic heterocycles. The fourth-order valence-corrected chi connectivity index (χ4v) is 3.14. The van der Waals surface area contributed by atoms with Crippen molar-refractivity contribution in [3.05, 3.63) is 35.4 Å². The largest absolute Gasteiger partial charge is 0.508 e. The van der Waals surface area contributed by atoms with Gasteiger partial charge in [0.25, 0.3) is 0 Å². The van der Waals surface area contributed by atoms with Gasteiger partial charge in [0, 0.05) is 5.56 Å². The van der Waals surface area contributed by atoms with Crippen LogP contribution in [0.5, 0.6) is 5.75 Å². The highest BCUT2D eigenvalue weighted by molar-refractivity contribution is 5.67. The third-order valence-electron chi connectivity index (χ3n) is 3.74. The number of phenolic OH excluding ortho intramolecular Hbond substituents is 1. The highest BCUT2D eigenvalue weighted by atomic mass is 16.5. The normalized spacial score (nSPS) is 19.2. The van der Waals surface area contributed by atoms with Gasteiger partial charge in [0.15, 0.2) is 0 Å². The number of phenols is 1. The quantitative estimate of drug-likeness (QED) is 0.800. The number of aromatic hydroxyl groups is 1. The first-order valence-electron chi connectivity index (χ1n) is 6.89. The van der Waals surface area contributed by atoms with E-state index in [1.165, 1.54) is 5.57 Å². The molecule has 0 aromatic heterocycles. The van der Waals surface area contributed by atoms with Crippen LogP contribution in [-0.4, -0.2) is 11.7 Å². The lowest BCUT2D eigenvalue weighted by Gasteiger charge is -2.42. The average Bonchev–Trinajstić information content (AvgIpc) is 2.25. The summed E-state index contributed by atoms with van der Waals surface area (Å²) >= 11 is 0. The molecular formula is C17H24O2. The van der Waals surface area contributed by atoms with Crippen molar-refractivity contribution in [3.63, 3.8) is 0 Å². The fraction of sp³-hybridized carbons (Fsp3) is 0.529. The summed E-state index contributed by atoms with van der Waals surface area (Å²) in [5.74, 6) is 1.23. The number of hydrogen-bond donors (Lipinski definition) is 1. The third kappa shape index (κ3) is 2.78. The van der Waals surface area contributed by atoms with Gasteiger partial charge in [0.2, 0.25) is 0 Å². The second-order valence-electron chi connectivity index (χ2n) is 6.99. The minimum Gasteiger partial charge on any atom is -0.508 e. The molecule has 0 saturated carbocycles. The zero-order valence-electron chi connectivity index (χ0n) is 12.6. The van der Waals surface area contributed by atoms with Crippen molar-refractivity contribution in [2.75, 3.05) is 6.61 Å². The van der Waals surface area contributed by atoms with Gasteiger partial charge < -0.3 is 9.84 Å². The van der Waals surface area contributed by atoms with Crippen LogP contribution in [0.15, 0.2) is 29.8 Å². The van der Waals surface area contributed by atoms with Crippen molar-refractivity contribution in [2.45, 2.75) is 41.0 Å². The highest BCUT2D eigenvalue weighted by Gasteiger charge is 2.38. The molecule has 0 spiro atoms. The minimum absolute atomic E-state index is 0.0463. The Kier molecular flexibility index (Phi) is 3.38. The lowest BCUT2D eigenvalue weighted by Crippen LogP contribution is -2.31. The molecule has 0 saturated heterocycles. The molecule has 1 aliphatic rings. The van der Waals surface area contributed by atoms with Gasteiger partial charge in [-0.2, -0.15) is 0 Å². The van der Waals surface area contributed by atoms with Crippen LogP contribution in [0.2, 0.25) is 0 Å². The molecule has 0 atom stereocenters. The van der Waals surface area contributed by atoms with E-state index in [4.69, 9.17) is 4.74 Å². The van der Waals surface area contributed by atoms with Crippen LogP contribution < -0.4 is 0 Å². The second kappa shape index (κ2) is 4.59. The Morgan fingerprint density at radius 3 is 2.47 bits per heavy atom. The van der Waals surface area contributed by atoms with E-state index in [1.807, 2.05) is 12.1 Å². The van der Waals surface area contributed by atoms with Gasteiger partial charge >= 0.3 is 0 Å². The van der Waals surface area contributed by atoms with E-state index in [1.54, 1.807) is 12.1 Å². The summed E-state index contributed by atoms with van der Waals surface area (Å²) in [5.41, 5.74) is 2.47. The van der Waals surface area contributed by atoms with Gasteiger partial charge in [0.1, 0.15) is 11.5 Å². The number of ether oxygens (including phenoxy) is 1. The molecule has 1 heterocycles. The molecule has 0 bridgehead atoms. The molecule has 2 nitrogen and oxygen atoms in total. The standard InChI is InChI=1S/C17H24O2/c1-16(2,3)15-14(19-10-9-17(15,4)5)12-7-6-8-13(18)11-12/h6-8,11,18H,9-10H2,1-5H3. The number of rotatable bonds is 1.